The second-order valence-corrected chi connectivity index (χ2v) is 5.38. The third-order valence-corrected chi connectivity index (χ3v) is 2.88. The highest BCUT2D eigenvalue weighted by Gasteiger charge is 2.13. The van der Waals surface area contributed by atoms with Crippen molar-refractivity contribution in [3.8, 4) is 0 Å². The van der Waals surface area contributed by atoms with E-state index in [9.17, 15) is 0 Å². The maximum Gasteiger partial charge on any atom is 0.137 e. The van der Waals surface area contributed by atoms with Crippen LogP contribution in [0.3, 0.4) is 0 Å². The molecule has 0 saturated carbocycles. The summed E-state index contributed by atoms with van der Waals surface area (Å²) in [5.41, 5.74) is 1.15. The maximum atomic E-state index is 5.74. The minimum Gasteiger partial charge on any atom is -0.371 e. The molecule has 0 aliphatic heterocycles. The van der Waals surface area contributed by atoms with Gasteiger partial charge in [0, 0.05) is 12.3 Å². The molecule has 0 fully saturated rings. The zero-order chi connectivity index (χ0) is 13.5. The average molecular weight is 268 g/mol. The Kier molecular flexibility index (Phi) is 6.50. The van der Waals surface area contributed by atoms with Crippen LogP contribution in [0.25, 0.3) is 0 Å². The molecule has 18 heavy (non-hydrogen) atoms. The molecule has 0 bridgehead atoms. The lowest BCUT2D eigenvalue weighted by molar-refractivity contribution is 0.0491. The number of ether oxygens (including phenoxy) is 1. The maximum absolute atomic E-state index is 5.74. The molecule has 1 aromatic heterocycles. The van der Waals surface area contributed by atoms with Crippen molar-refractivity contribution in [2.24, 2.45) is 5.92 Å². The van der Waals surface area contributed by atoms with Crippen molar-refractivity contribution in [2.45, 2.75) is 53.1 Å². The highest BCUT2D eigenvalue weighted by atomic mass is 32.1. The fourth-order valence-electron chi connectivity index (χ4n) is 1.99. The van der Waals surface area contributed by atoms with Crippen molar-refractivity contribution in [2.75, 3.05) is 6.61 Å². The number of H-pyrrole nitrogens is 1. The molecule has 1 heterocycles. The van der Waals surface area contributed by atoms with Crippen LogP contribution in [0.5, 0.6) is 0 Å². The van der Waals surface area contributed by atoms with Crippen molar-refractivity contribution in [3.63, 3.8) is 0 Å². The predicted octanol–water partition coefficient (Wildman–Crippen LogP) is 4.22. The molecule has 0 aliphatic carbocycles. The quantitative estimate of drug-likeness (QED) is 0.753. The van der Waals surface area contributed by atoms with E-state index in [0.717, 1.165) is 30.8 Å². The first-order valence-corrected chi connectivity index (χ1v) is 7.19. The second-order valence-electron chi connectivity index (χ2n) is 4.96. The third-order valence-electron chi connectivity index (χ3n) is 2.67. The Balaban J connectivity index is 2.98. The van der Waals surface area contributed by atoms with Crippen molar-refractivity contribution in [1.29, 1.82) is 0 Å². The van der Waals surface area contributed by atoms with E-state index in [2.05, 4.69) is 30.7 Å². The van der Waals surface area contributed by atoms with Gasteiger partial charge in [0.1, 0.15) is 16.6 Å². The number of aromatic nitrogens is 2. The lowest BCUT2D eigenvalue weighted by atomic mass is 10.1. The molecule has 0 radical (unpaired) electrons. The smallest absolute Gasteiger partial charge is 0.137 e. The Morgan fingerprint density at radius 2 is 2.11 bits per heavy atom. The highest BCUT2D eigenvalue weighted by molar-refractivity contribution is 7.71. The van der Waals surface area contributed by atoms with Crippen LogP contribution < -0.4 is 0 Å². The Bertz CT molecular complexity index is 409. The van der Waals surface area contributed by atoms with Gasteiger partial charge in [0.2, 0.25) is 0 Å². The number of rotatable bonds is 7. The molecule has 1 rings (SSSR count). The minimum absolute atomic E-state index is 0.0359. The molecule has 0 aromatic carbocycles. The molecule has 1 aromatic rings. The minimum atomic E-state index is 0.0359. The summed E-state index contributed by atoms with van der Waals surface area (Å²) in [4.78, 5) is 7.80. The number of nitrogens with zero attached hydrogens (tertiary/aromatic N) is 1. The Morgan fingerprint density at radius 1 is 1.39 bits per heavy atom. The van der Waals surface area contributed by atoms with Gasteiger partial charge in [-0.25, -0.2) is 4.98 Å². The van der Waals surface area contributed by atoms with E-state index in [1.54, 1.807) is 0 Å². The average Bonchev–Trinajstić information content (AvgIpc) is 2.27. The van der Waals surface area contributed by atoms with Gasteiger partial charge in [0.25, 0.3) is 0 Å². The van der Waals surface area contributed by atoms with E-state index in [1.165, 1.54) is 0 Å². The predicted molar refractivity (Wildman–Crippen MR) is 77.2 cm³/mol. The summed E-state index contributed by atoms with van der Waals surface area (Å²) >= 11 is 5.24. The van der Waals surface area contributed by atoms with Crippen LogP contribution in [0.1, 0.15) is 58.2 Å². The summed E-state index contributed by atoms with van der Waals surface area (Å²) in [6, 6.07) is 1.95. The zero-order valence-corrected chi connectivity index (χ0v) is 12.6. The molecule has 3 nitrogen and oxygen atoms in total. The summed E-state index contributed by atoms with van der Waals surface area (Å²) in [5, 5.41) is 0. The van der Waals surface area contributed by atoms with Crippen LogP contribution in [-0.4, -0.2) is 16.6 Å². The molecule has 0 saturated heterocycles. The second kappa shape index (κ2) is 7.64. The molecule has 1 unspecified atom stereocenters. The van der Waals surface area contributed by atoms with Crippen molar-refractivity contribution in [1.82, 2.24) is 9.97 Å². The number of nitrogens with one attached hydrogen (secondary N) is 1. The van der Waals surface area contributed by atoms with E-state index in [-0.39, 0.29) is 6.10 Å². The summed E-state index contributed by atoms with van der Waals surface area (Å²) in [6.07, 6.45) is 3.07. The number of aromatic amines is 1. The monoisotopic (exact) mass is 268 g/mol. The van der Waals surface area contributed by atoms with E-state index in [4.69, 9.17) is 17.0 Å². The lowest BCUT2D eigenvalue weighted by Gasteiger charge is -2.17. The normalized spacial score (nSPS) is 12.9. The third kappa shape index (κ3) is 4.86. The van der Waals surface area contributed by atoms with Gasteiger partial charge < -0.3 is 9.72 Å². The van der Waals surface area contributed by atoms with Gasteiger partial charge in [-0.15, -0.1) is 0 Å². The van der Waals surface area contributed by atoms with E-state index >= 15 is 0 Å². The molecule has 102 valence electrons. The standard InChI is InChI=1S/C14H24N2OS/c1-5-7-12(17-6-2)14-15-11(8-10(3)4)9-13(18)16-14/h9-10,12H,5-8H2,1-4H3,(H,15,16,18). The van der Waals surface area contributed by atoms with E-state index in [0.29, 0.717) is 17.2 Å². The van der Waals surface area contributed by atoms with Crippen LogP contribution in [0, 0.1) is 10.6 Å². The van der Waals surface area contributed by atoms with Crippen LogP contribution in [-0.2, 0) is 11.2 Å². The Labute approximate surface area is 115 Å². The molecule has 0 spiro atoms. The molecule has 1 N–H and O–H groups in total. The zero-order valence-electron chi connectivity index (χ0n) is 11.8. The van der Waals surface area contributed by atoms with Gasteiger partial charge in [0.15, 0.2) is 0 Å². The first kappa shape index (κ1) is 15.3. The van der Waals surface area contributed by atoms with Crippen molar-refractivity contribution < 1.29 is 4.74 Å². The van der Waals surface area contributed by atoms with Gasteiger partial charge in [-0.1, -0.05) is 39.4 Å². The fraction of sp³-hybridized carbons (Fsp3) is 0.714. The summed E-state index contributed by atoms with van der Waals surface area (Å²) in [6.45, 7) is 9.25. The topological polar surface area (TPSA) is 37.9 Å². The van der Waals surface area contributed by atoms with Gasteiger partial charge in [-0.2, -0.15) is 0 Å². The molecule has 1 atom stereocenters. The molecule has 0 aliphatic rings. The molecular weight excluding hydrogens is 244 g/mol. The van der Waals surface area contributed by atoms with Gasteiger partial charge in [-0.05, 0) is 31.7 Å². The number of hydrogen-bond donors (Lipinski definition) is 1. The lowest BCUT2D eigenvalue weighted by Crippen LogP contribution is -2.11. The van der Waals surface area contributed by atoms with Gasteiger partial charge in [-0.3, -0.25) is 0 Å². The highest BCUT2D eigenvalue weighted by Crippen LogP contribution is 2.20. The fourth-order valence-corrected chi connectivity index (χ4v) is 2.23. The van der Waals surface area contributed by atoms with Crippen molar-refractivity contribution in [3.05, 3.63) is 22.2 Å². The Hall–Kier alpha value is -0.740. The number of hydrogen-bond acceptors (Lipinski definition) is 3. The first-order chi connectivity index (χ1) is 8.56. The summed E-state index contributed by atoms with van der Waals surface area (Å²) in [5.74, 6) is 1.48. The van der Waals surface area contributed by atoms with Gasteiger partial charge >= 0.3 is 0 Å². The summed E-state index contributed by atoms with van der Waals surface area (Å²) < 4.78 is 6.40. The first-order valence-electron chi connectivity index (χ1n) is 6.78. The molecular formula is C14H24N2OS. The van der Waals surface area contributed by atoms with Crippen molar-refractivity contribution >= 4 is 12.2 Å². The van der Waals surface area contributed by atoms with Crippen LogP contribution >= 0.6 is 12.2 Å². The van der Waals surface area contributed by atoms with Crippen LogP contribution in [0.2, 0.25) is 0 Å². The van der Waals surface area contributed by atoms with Crippen LogP contribution in [0.4, 0.5) is 0 Å². The largest absolute Gasteiger partial charge is 0.371 e. The molecule has 4 heteroatoms. The van der Waals surface area contributed by atoms with Crippen LogP contribution in [0.15, 0.2) is 6.07 Å². The SMILES string of the molecule is CCCC(OCC)c1nc(=S)cc(CC(C)C)[nH]1. The van der Waals surface area contributed by atoms with E-state index < -0.39 is 0 Å². The van der Waals surface area contributed by atoms with Gasteiger partial charge in [0.05, 0.1) is 0 Å². The summed E-state index contributed by atoms with van der Waals surface area (Å²) in [7, 11) is 0. The Morgan fingerprint density at radius 3 is 2.67 bits per heavy atom. The molecule has 0 amide bonds. The van der Waals surface area contributed by atoms with E-state index in [1.807, 2.05) is 13.0 Å².